The molecule has 0 spiro atoms. The lowest BCUT2D eigenvalue weighted by Gasteiger charge is -2.28. The third-order valence-electron chi connectivity index (χ3n) is 4.72. The van der Waals surface area contributed by atoms with Gasteiger partial charge in [0.1, 0.15) is 0 Å². The lowest BCUT2D eigenvalue weighted by atomic mass is 9.93. The molecule has 2 aromatic carbocycles. The van der Waals surface area contributed by atoms with Gasteiger partial charge in [-0.25, -0.2) is 0 Å². The van der Waals surface area contributed by atoms with Gasteiger partial charge in [-0.3, -0.25) is 0 Å². The quantitative estimate of drug-likeness (QED) is 0.624. The van der Waals surface area contributed by atoms with Crippen molar-refractivity contribution in [2.45, 2.75) is 53.0 Å². The summed E-state index contributed by atoms with van der Waals surface area (Å²) >= 11 is 5.75. The van der Waals surface area contributed by atoms with E-state index in [0.717, 1.165) is 5.69 Å². The molecule has 2 N–H and O–H groups in total. The monoisotopic (exact) mass is 384 g/mol. The Labute approximate surface area is 169 Å². The van der Waals surface area contributed by atoms with Gasteiger partial charge in [-0.2, -0.15) is 0 Å². The van der Waals surface area contributed by atoms with Crippen LogP contribution in [0.25, 0.3) is 0 Å². The molecule has 0 unspecified atom stereocenters. The average Bonchev–Trinajstić information content (AvgIpc) is 2.61. The molecule has 2 aromatic rings. The van der Waals surface area contributed by atoms with Crippen molar-refractivity contribution < 1.29 is 5.11 Å². The summed E-state index contributed by atoms with van der Waals surface area (Å²) in [6.07, 6.45) is 0. The van der Waals surface area contributed by atoms with Crippen LogP contribution in [-0.2, 0) is 6.54 Å². The van der Waals surface area contributed by atoms with E-state index in [1.54, 1.807) is 0 Å². The number of rotatable bonds is 7. The molecule has 0 heterocycles. The first-order valence-corrected chi connectivity index (χ1v) is 10.1. The van der Waals surface area contributed by atoms with Crippen LogP contribution in [0.1, 0.15) is 61.8 Å². The van der Waals surface area contributed by atoms with Crippen molar-refractivity contribution in [3.05, 3.63) is 64.7 Å². The van der Waals surface area contributed by atoms with Gasteiger partial charge in [0, 0.05) is 18.8 Å². The van der Waals surface area contributed by atoms with E-state index < -0.39 is 0 Å². The van der Waals surface area contributed by atoms with Crippen LogP contribution in [0.2, 0.25) is 0 Å². The number of thiocarbonyl (C=S) groups is 1. The van der Waals surface area contributed by atoms with Gasteiger partial charge in [-0.15, -0.1) is 0 Å². The average molecular weight is 385 g/mol. The number of aryl methyl sites for hydroxylation is 1. The largest absolute Gasteiger partial charge is 0.395 e. The molecule has 0 radical (unpaired) electrons. The van der Waals surface area contributed by atoms with Crippen molar-refractivity contribution in [1.29, 1.82) is 0 Å². The summed E-state index contributed by atoms with van der Waals surface area (Å²) in [6, 6.07) is 14.9. The second-order valence-electron chi connectivity index (χ2n) is 7.69. The molecule has 0 fully saturated rings. The minimum atomic E-state index is 0.0660. The highest BCUT2D eigenvalue weighted by Gasteiger charge is 2.17. The molecule has 2 rings (SSSR count). The number of aliphatic hydroxyl groups is 1. The standard InChI is InChI=1S/C23H32N2OS/c1-16(2)20-10-7-11-21(17(3)4)22(20)24-23(27)25(12-13-26)15-19-9-6-8-18(5)14-19/h6-11,14,16-17,26H,12-13,15H2,1-5H3,(H,24,27). The molecule has 0 aliphatic rings. The van der Waals surface area contributed by atoms with Crippen LogP contribution >= 0.6 is 12.2 Å². The Morgan fingerprint density at radius 3 is 2.15 bits per heavy atom. The summed E-state index contributed by atoms with van der Waals surface area (Å²) in [5.41, 5.74) is 6.06. The number of hydrogen-bond acceptors (Lipinski definition) is 2. The zero-order valence-electron chi connectivity index (χ0n) is 17.1. The fraction of sp³-hybridized carbons (Fsp3) is 0.435. The Kier molecular flexibility index (Phi) is 7.81. The number of benzene rings is 2. The zero-order valence-corrected chi connectivity index (χ0v) is 17.9. The first kappa shape index (κ1) is 21.4. The van der Waals surface area contributed by atoms with E-state index in [1.807, 2.05) is 4.90 Å². The summed E-state index contributed by atoms with van der Waals surface area (Å²) in [5, 5.41) is 13.7. The molecule has 0 atom stereocenters. The third kappa shape index (κ3) is 5.78. The molecular formula is C23H32N2OS. The molecule has 0 bridgehead atoms. The maximum absolute atomic E-state index is 9.54. The molecule has 4 heteroatoms. The molecule has 146 valence electrons. The molecule has 0 saturated carbocycles. The highest BCUT2D eigenvalue weighted by atomic mass is 32.1. The molecular weight excluding hydrogens is 352 g/mol. The lowest BCUT2D eigenvalue weighted by molar-refractivity contribution is 0.248. The molecule has 0 aliphatic heterocycles. The maximum atomic E-state index is 9.54. The topological polar surface area (TPSA) is 35.5 Å². The van der Waals surface area contributed by atoms with Gasteiger partial charge in [0.05, 0.1) is 6.61 Å². The van der Waals surface area contributed by atoms with E-state index in [9.17, 15) is 5.11 Å². The number of aliphatic hydroxyl groups excluding tert-OH is 1. The highest BCUT2D eigenvalue weighted by Crippen LogP contribution is 2.32. The van der Waals surface area contributed by atoms with E-state index in [0.29, 0.717) is 30.0 Å². The van der Waals surface area contributed by atoms with E-state index in [-0.39, 0.29) is 6.61 Å². The van der Waals surface area contributed by atoms with Gasteiger partial charge in [-0.05, 0) is 47.7 Å². The van der Waals surface area contributed by atoms with Crippen molar-refractivity contribution in [1.82, 2.24) is 4.90 Å². The highest BCUT2D eigenvalue weighted by molar-refractivity contribution is 7.80. The smallest absolute Gasteiger partial charge is 0.173 e. The van der Waals surface area contributed by atoms with Gasteiger partial charge in [-0.1, -0.05) is 75.7 Å². The van der Waals surface area contributed by atoms with Gasteiger partial charge >= 0.3 is 0 Å². The summed E-state index contributed by atoms with van der Waals surface area (Å²) in [4.78, 5) is 2.03. The first-order valence-electron chi connectivity index (χ1n) is 9.68. The number of nitrogens with zero attached hydrogens (tertiary/aromatic N) is 1. The van der Waals surface area contributed by atoms with Crippen LogP contribution in [0, 0.1) is 6.92 Å². The van der Waals surface area contributed by atoms with Crippen molar-refractivity contribution in [2.75, 3.05) is 18.5 Å². The Hall–Kier alpha value is -1.91. The van der Waals surface area contributed by atoms with E-state index >= 15 is 0 Å². The van der Waals surface area contributed by atoms with Crippen LogP contribution in [0.5, 0.6) is 0 Å². The van der Waals surface area contributed by atoms with Crippen molar-refractivity contribution in [3.8, 4) is 0 Å². The summed E-state index contributed by atoms with van der Waals surface area (Å²) in [7, 11) is 0. The van der Waals surface area contributed by atoms with Crippen molar-refractivity contribution in [3.63, 3.8) is 0 Å². The minimum Gasteiger partial charge on any atom is -0.395 e. The SMILES string of the molecule is Cc1cccc(CN(CCO)C(=S)Nc2c(C(C)C)cccc2C(C)C)c1. The second-order valence-corrected chi connectivity index (χ2v) is 8.07. The van der Waals surface area contributed by atoms with Gasteiger partial charge < -0.3 is 15.3 Å². The number of hydrogen-bond donors (Lipinski definition) is 2. The normalized spacial score (nSPS) is 11.1. The molecule has 3 nitrogen and oxygen atoms in total. The van der Waals surface area contributed by atoms with Gasteiger partial charge in [0.15, 0.2) is 5.11 Å². The molecule has 0 aliphatic carbocycles. The predicted molar refractivity (Wildman–Crippen MR) is 120 cm³/mol. The van der Waals surface area contributed by atoms with Crippen molar-refractivity contribution in [2.24, 2.45) is 0 Å². The van der Waals surface area contributed by atoms with Crippen molar-refractivity contribution >= 4 is 23.0 Å². The second kappa shape index (κ2) is 9.86. The molecule has 0 aromatic heterocycles. The first-order chi connectivity index (χ1) is 12.8. The van der Waals surface area contributed by atoms with Crippen LogP contribution in [0.3, 0.4) is 0 Å². The summed E-state index contributed by atoms with van der Waals surface area (Å²) in [5.74, 6) is 0.800. The molecule has 0 amide bonds. The number of para-hydroxylation sites is 1. The minimum absolute atomic E-state index is 0.0660. The number of anilines is 1. The van der Waals surface area contributed by atoms with E-state index in [4.69, 9.17) is 12.2 Å². The van der Waals surface area contributed by atoms with Gasteiger partial charge in [0.25, 0.3) is 0 Å². The zero-order chi connectivity index (χ0) is 20.0. The Morgan fingerprint density at radius 2 is 1.63 bits per heavy atom. The Morgan fingerprint density at radius 1 is 1.04 bits per heavy atom. The maximum Gasteiger partial charge on any atom is 0.173 e. The Bertz CT molecular complexity index is 744. The van der Waals surface area contributed by atoms with Crippen LogP contribution in [0.15, 0.2) is 42.5 Å². The van der Waals surface area contributed by atoms with Crippen LogP contribution < -0.4 is 5.32 Å². The summed E-state index contributed by atoms with van der Waals surface area (Å²) in [6.45, 7) is 12.1. The molecule has 0 saturated heterocycles. The lowest BCUT2D eigenvalue weighted by Crippen LogP contribution is -2.37. The fourth-order valence-corrected chi connectivity index (χ4v) is 3.54. The van der Waals surface area contributed by atoms with Crippen LogP contribution in [0.4, 0.5) is 5.69 Å². The van der Waals surface area contributed by atoms with Crippen LogP contribution in [-0.4, -0.2) is 28.3 Å². The van der Waals surface area contributed by atoms with Gasteiger partial charge in [0.2, 0.25) is 0 Å². The fourth-order valence-electron chi connectivity index (χ4n) is 3.29. The predicted octanol–water partition coefficient (Wildman–Crippen LogP) is 5.43. The Balaban J connectivity index is 2.29. The van der Waals surface area contributed by atoms with E-state index in [2.05, 4.69) is 82.4 Å². The summed E-state index contributed by atoms with van der Waals surface area (Å²) < 4.78 is 0. The third-order valence-corrected chi connectivity index (χ3v) is 5.08. The van der Waals surface area contributed by atoms with E-state index in [1.165, 1.54) is 22.3 Å². The molecule has 27 heavy (non-hydrogen) atoms. The number of nitrogens with one attached hydrogen (secondary N) is 1.